The van der Waals surface area contributed by atoms with E-state index in [4.69, 9.17) is 0 Å². The number of nitrogens with zero attached hydrogens (tertiary/aromatic N) is 3. The quantitative estimate of drug-likeness (QED) is 0.783. The average molecular weight is 387 g/mol. The number of rotatable bonds is 2. The van der Waals surface area contributed by atoms with Crippen LogP contribution in [0.15, 0.2) is 40.2 Å². The number of imide groups is 1. The highest BCUT2D eigenvalue weighted by Gasteiger charge is 2.39. The van der Waals surface area contributed by atoms with Crippen LogP contribution in [0.5, 0.6) is 0 Å². The molecule has 0 spiro atoms. The lowest BCUT2D eigenvalue weighted by Crippen LogP contribution is -2.53. The van der Waals surface area contributed by atoms with E-state index in [-0.39, 0.29) is 23.2 Å². The van der Waals surface area contributed by atoms with E-state index < -0.39 is 18.1 Å². The summed E-state index contributed by atoms with van der Waals surface area (Å²) in [6.45, 7) is 2.82. The summed E-state index contributed by atoms with van der Waals surface area (Å²) in [5.74, 6) is -0.520. The number of alkyl halides is 1. The zero-order chi connectivity index (χ0) is 19.1. The molecule has 0 saturated carbocycles. The standard InChI is InChI=1S/C19H18FN3O3S/c1-11-6-9-27-16(11)18(25)22-7-4-13(5-8-22)23-17(24)14-10-12(20)2-3-15(14)21-19(23)26/h2-3,6,9-10,12-13H,4-5,7-8H2,1H3. The van der Waals surface area contributed by atoms with Crippen LogP contribution >= 0.6 is 11.3 Å². The molecular formula is C19H18FN3O3S. The molecule has 0 aromatic carbocycles. The monoisotopic (exact) mass is 387 g/mol. The van der Waals surface area contributed by atoms with Crippen LogP contribution in [0, 0.1) is 6.92 Å². The van der Waals surface area contributed by atoms with Gasteiger partial charge in [-0.25, -0.2) is 9.18 Å². The fourth-order valence-corrected chi connectivity index (χ4v) is 4.50. The Kier molecular flexibility index (Phi) is 4.51. The van der Waals surface area contributed by atoms with Gasteiger partial charge in [-0.3, -0.25) is 14.5 Å². The Hall–Kier alpha value is -2.61. The summed E-state index contributed by atoms with van der Waals surface area (Å²) in [5, 5.41) is 1.89. The normalized spacial score (nSPS) is 23.3. The second-order valence-corrected chi connectivity index (χ2v) is 7.71. The van der Waals surface area contributed by atoms with Crippen molar-refractivity contribution >= 4 is 34.9 Å². The highest BCUT2D eigenvalue weighted by atomic mass is 32.1. The molecule has 4 rings (SSSR count). The summed E-state index contributed by atoms with van der Waals surface area (Å²) >= 11 is 1.42. The smallest absolute Gasteiger partial charge is 0.338 e. The molecule has 1 atom stereocenters. The minimum atomic E-state index is -1.36. The van der Waals surface area contributed by atoms with Crippen LogP contribution in [0.3, 0.4) is 0 Å². The molecule has 4 amide bonds. The van der Waals surface area contributed by atoms with Gasteiger partial charge in [-0.15, -0.1) is 11.3 Å². The molecule has 1 fully saturated rings. The molecule has 6 nitrogen and oxygen atoms in total. The third kappa shape index (κ3) is 3.14. The van der Waals surface area contributed by atoms with Crippen LogP contribution in [-0.4, -0.2) is 58.7 Å². The number of carbonyl (C=O) groups excluding carboxylic acids is 3. The van der Waals surface area contributed by atoms with E-state index in [9.17, 15) is 18.8 Å². The van der Waals surface area contributed by atoms with Crippen molar-refractivity contribution in [3.63, 3.8) is 0 Å². The fraction of sp³-hybridized carbons (Fsp3) is 0.368. The van der Waals surface area contributed by atoms with Crippen LogP contribution in [0.25, 0.3) is 0 Å². The van der Waals surface area contributed by atoms with Gasteiger partial charge in [0.15, 0.2) is 0 Å². The van der Waals surface area contributed by atoms with Crippen molar-refractivity contribution in [2.45, 2.75) is 32.0 Å². The van der Waals surface area contributed by atoms with E-state index >= 15 is 0 Å². The Morgan fingerprint density at radius 2 is 2.04 bits per heavy atom. The highest BCUT2D eigenvalue weighted by Crippen LogP contribution is 2.27. The minimum absolute atomic E-state index is 0.0158. The maximum atomic E-state index is 13.6. The van der Waals surface area contributed by atoms with Gasteiger partial charge in [0.1, 0.15) is 6.17 Å². The third-order valence-electron chi connectivity index (χ3n) is 5.08. The summed E-state index contributed by atoms with van der Waals surface area (Å²) in [5.41, 5.74) is 1.31. The summed E-state index contributed by atoms with van der Waals surface area (Å²) in [4.78, 5) is 45.3. The predicted molar refractivity (Wildman–Crippen MR) is 99.8 cm³/mol. The molecule has 1 saturated heterocycles. The van der Waals surface area contributed by atoms with E-state index in [0.29, 0.717) is 25.9 Å². The van der Waals surface area contributed by atoms with Gasteiger partial charge in [0.25, 0.3) is 11.8 Å². The number of halogens is 1. The second kappa shape index (κ2) is 6.84. The molecule has 1 aromatic rings. The van der Waals surface area contributed by atoms with Crippen LogP contribution in [0.4, 0.5) is 9.18 Å². The molecular weight excluding hydrogens is 369 g/mol. The number of aliphatic imine (C=N–C) groups is 1. The molecule has 1 unspecified atom stereocenters. The summed E-state index contributed by atoms with van der Waals surface area (Å²) in [6, 6.07) is 0.956. The van der Waals surface area contributed by atoms with Crippen LogP contribution in [0.1, 0.15) is 28.1 Å². The number of hydrogen-bond donors (Lipinski definition) is 0. The van der Waals surface area contributed by atoms with Gasteiger partial charge in [-0.05, 0) is 55.0 Å². The molecule has 3 aliphatic rings. The van der Waals surface area contributed by atoms with Gasteiger partial charge in [0, 0.05) is 19.1 Å². The number of allylic oxidation sites excluding steroid dienone is 3. The van der Waals surface area contributed by atoms with Crippen molar-refractivity contribution in [2.75, 3.05) is 13.1 Å². The zero-order valence-corrected chi connectivity index (χ0v) is 15.5. The number of fused-ring (bicyclic) bond motifs is 1. The molecule has 2 aliphatic heterocycles. The first kappa shape index (κ1) is 17.8. The topological polar surface area (TPSA) is 70.1 Å². The number of likely N-dealkylation sites (tertiary alicyclic amines) is 1. The fourth-order valence-electron chi connectivity index (χ4n) is 3.61. The lowest BCUT2D eigenvalue weighted by molar-refractivity contribution is -0.126. The molecule has 1 aromatic heterocycles. The largest absolute Gasteiger partial charge is 0.351 e. The Bertz CT molecular complexity index is 909. The Morgan fingerprint density at radius 1 is 1.30 bits per heavy atom. The van der Waals surface area contributed by atoms with Crippen molar-refractivity contribution in [3.05, 3.63) is 45.7 Å². The van der Waals surface area contributed by atoms with E-state index in [2.05, 4.69) is 4.99 Å². The second-order valence-electron chi connectivity index (χ2n) is 6.79. The van der Waals surface area contributed by atoms with Crippen molar-refractivity contribution in [3.8, 4) is 0 Å². The SMILES string of the molecule is Cc1ccsc1C(=O)N1CCC(N2C(=O)N=C3C=CC(F)C=C3C2=O)CC1. The van der Waals surface area contributed by atoms with Crippen molar-refractivity contribution in [2.24, 2.45) is 4.99 Å². The molecule has 3 heterocycles. The number of piperidine rings is 1. The van der Waals surface area contributed by atoms with Crippen LogP contribution < -0.4 is 0 Å². The number of amides is 4. The number of urea groups is 1. The van der Waals surface area contributed by atoms with Gasteiger partial charge in [0.2, 0.25) is 0 Å². The number of hydrogen-bond acceptors (Lipinski definition) is 4. The molecule has 27 heavy (non-hydrogen) atoms. The maximum absolute atomic E-state index is 13.6. The van der Waals surface area contributed by atoms with Gasteiger partial charge in [0.05, 0.1) is 16.2 Å². The van der Waals surface area contributed by atoms with Crippen molar-refractivity contribution in [1.29, 1.82) is 0 Å². The molecule has 0 N–H and O–H groups in total. The first-order valence-corrected chi connectivity index (χ1v) is 9.67. The van der Waals surface area contributed by atoms with Gasteiger partial charge < -0.3 is 4.90 Å². The Balaban J connectivity index is 1.48. The molecule has 140 valence electrons. The summed E-state index contributed by atoms with van der Waals surface area (Å²) in [6.07, 6.45) is 3.44. The number of thiophene rings is 1. The molecule has 8 heteroatoms. The van der Waals surface area contributed by atoms with Crippen molar-refractivity contribution in [1.82, 2.24) is 9.80 Å². The van der Waals surface area contributed by atoms with Crippen LogP contribution in [0.2, 0.25) is 0 Å². The average Bonchev–Trinajstić information content (AvgIpc) is 3.08. The van der Waals surface area contributed by atoms with Gasteiger partial charge >= 0.3 is 6.03 Å². The van der Waals surface area contributed by atoms with Gasteiger partial charge in [-0.2, -0.15) is 4.99 Å². The van der Waals surface area contributed by atoms with E-state index in [0.717, 1.165) is 15.3 Å². The lowest BCUT2D eigenvalue weighted by Gasteiger charge is -2.38. The number of carbonyl (C=O) groups is 3. The molecule has 1 aliphatic carbocycles. The summed E-state index contributed by atoms with van der Waals surface area (Å²) < 4.78 is 13.6. The predicted octanol–water partition coefficient (Wildman–Crippen LogP) is 2.90. The van der Waals surface area contributed by atoms with E-state index in [1.165, 1.54) is 29.6 Å². The van der Waals surface area contributed by atoms with E-state index in [1.807, 2.05) is 18.4 Å². The van der Waals surface area contributed by atoms with Gasteiger partial charge in [-0.1, -0.05) is 0 Å². The van der Waals surface area contributed by atoms with Crippen LogP contribution in [-0.2, 0) is 4.79 Å². The third-order valence-corrected chi connectivity index (χ3v) is 6.09. The summed E-state index contributed by atoms with van der Waals surface area (Å²) in [7, 11) is 0. The Morgan fingerprint density at radius 3 is 2.70 bits per heavy atom. The maximum Gasteiger partial charge on any atom is 0.351 e. The first-order valence-electron chi connectivity index (χ1n) is 8.79. The molecule has 0 radical (unpaired) electrons. The zero-order valence-electron chi connectivity index (χ0n) is 14.7. The van der Waals surface area contributed by atoms with E-state index in [1.54, 1.807) is 4.90 Å². The highest BCUT2D eigenvalue weighted by molar-refractivity contribution is 7.12. The molecule has 0 bridgehead atoms. The first-order chi connectivity index (χ1) is 13.0. The lowest BCUT2D eigenvalue weighted by atomic mass is 9.96. The number of aryl methyl sites for hydroxylation is 1. The Labute approximate surface area is 159 Å². The minimum Gasteiger partial charge on any atom is -0.338 e. The van der Waals surface area contributed by atoms with Crippen molar-refractivity contribution < 1.29 is 18.8 Å².